The molecule has 1 aromatic heterocycles. The van der Waals surface area contributed by atoms with Crippen molar-refractivity contribution in [3.05, 3.63) is 63.5 Å². The number of halogens is 1. The fourth-order valence-electron chi connectivity index (χ4n) is 2.79. The highest BCUT2D eigenvalue weighted by molar-refractivity contribution is 14.1. The van der Waals surface area contributed by atoms with E-state index in [1.54, 1.807) is 23.2 Å². The smallest absolute Gasteiger partial charge is 0.272 e. The van der Waals surface area contributed by atoms with Crippen molar-refractivity contribution in [1.82, 2.24) is 15.2 Å². The molecule has 3 rings (SSSR count). The Bertz CT molecular complexity index is 728. The lowest BCUT2D eigenvalue weighted by atomic mass is 10.0. The topological polar surface area (TPSA) is 62.3 Å². The van der Waals surface area contributed by atoms with E-state index in [1.165, 1.54) is 0 Å². The number of rotatable bonds is 3. The van der Waals surface area contributed by atoms with Crippen LogP contribution < -0.4 is 5.32 Å². The van der Waals surface area contributed by atoms with Gasteiger partial charge >= 0.3 is 0 Å². The lowest BCUT2D eigenvalue weighted by Gasteiger charge is -2.32. The van der Waals surface area contributed by atoms with Gasteiger partial charge in [-0.15, -0.1) is 0 Å². The van der Waals surface area contributed by atoms with E-state index in [0.29, 0.717) is 24.3 Å². The second-order valence-corrected chi connectivity index (χ2v) is 6.90. The van der Waals surface area contributed by atoms with Crippen LogP contribution in [0.2, 0.25) is 0 Å². The van der Waals surface area contributed by atoms with E-state index in [-0.39, 0.29) is 17.9 Å². The fraction of sp³-hybridized carbons (Fsp3) is 0.278. The van der Waals surface area contributed by atoms with Gasteiger partial charge in [-0.2, -0.15) is 0 Å². The van der Waals surface area contributed by atoms with Gasteiger partial charge in [0.2, 0.25) is 0 Å². The third-order valence-electron chi connectivity index (χ3n) is 4.12. The predicted octanol–water partition coefficient (Wildman–Crippen LogP) is 2.72. The molecule has 24 heavy (non-hydrogen) atoms. The first kappa shape index (κ1) is 16.9. The highest BCUT2D eigenvalue weighted by Gasteiger charge is 2.25. The second kappa shape index (κ2) is 7.74. The van der Waals surface area contributed by atoms with Crippen LogP contribution >= 0.6 is 22.6 Å². The maximum absolute atomic E-state index is 12.4. The summed E-state index contributed by atoms with van der Waals surface area (Å²) in [6.45, 7) is 1.26. The Morgan fingerprint density at radius 3 is 2.46 bits per heavy atom. The number of pyridine rings is 1. The van der Waals surface area contributed by atoms with Gasteiger partial charge in [-0.25, -0.2) is 0 Å². The Labute approximate surface area is 154 Å². The van der Waals surface area contributed by atoms with Crippen LogP contribution in [0.3, 0.4) is 0 Å². The largest absolute Gasteiger partial charge is 0.349 e. The molecule has 124 valence electrons. The quantitative estimate of drug-likeness (QED) is 0.755. The van der Waals surface area contributed by atoms with Gasteiger partial charge in [0.15, 0.2) is 0 Å². The molecule has 0 saturated carbocycles. The molecule has 1 fully saturated rings. The van der Waals surface area contributed by atoms with E-state index in [9.17, 15) is 9.59 Å². The summed E-state index contributed by atoms with van der Waals surface area (Å²) in [5, 5.41) is 3.08. The molecule has 0 radical (unpaired) electrons. The minimum absolute atomic E-state index is 0.0435. The summed E-state index contributed by atoms with van der Waals surface area (Å²) in [6, 6.07) is 13.0. The molecule has 2 amide bonds. The van der Waals surface area contributed by atoms with Crippen molar-refractivity contribution in [2.75, 3.05) is 13.1 Å². The number of carbonyl (C=O) groups is 2. The third kappa shape index (κ3) is 3.92. The van der Waals surface area contributed by atoms with Crippen molar-refractivity contribution in [3.63, 3.8) is 0 Å². The van der Waals surface area contributed by atoms with Gasteiger partial charge in [0.1, 0.15) is 5.69 Å². The van der Waals surface area contributed by atoms with Gasteiger partial charge in [-0.3, -0.25) is 14.6 Å². The van der Waals surface area contributed by atoms with Crippen LogP contribution in [0.5, 0.6) is 0 Å². The van der Waals surface area contributed by atoms with Gasteiger partial charge in [-0.1, -0.05) is 18.2 Å². The Balaban J connectivity index is 1.55. The minimum Gasteiger partial charge on any atom is -0.349 e. The molecule has 0 spiro atoms. The number of amides is 2. The molecule has 1 aliphatic rings. The molecule has 6 heteroatoms. The van der Waals surface area contributed by atoms with E-state index in [1.807, 2.05) is 30.3 Å². The lowest BCUT2D eigenvalue weighted by molar-refractivity contribution is 0.0692. The SMILES string of the molecule is O=C(NC1CCN(C(=O)c2ccccn2)CC1)c1ccccc1I. The van der Waals surface area contributed by atoms with Crippen LogP contribution in [0.1, 0.15) is 33.7 Å². The van der Waals surface area contributed by atoms with Crippen molar-refractivity contribution in [3.8, 4) is 0 Å². The summed E-state index contributed by atoms with van der Waals surface area (Å²) in [4.78, 5) is 30.6. The lowest BCUT2D eigenvalue weighted by Crippen LogP contribution is -2.46. The van der Waals surface area contributed by atoms with Gasteiger partial charge in [-0.05, 0) is 59.7 Å². The summed E-state index contributed by atoms with van der Waals surface area (Å²) in [7, 11) is 0. The number of nitrogens with zero attached hydrogens (tertiary/aromatic N) is 2. The van der Waals surface area contributed by atoms with Crippen molar-refractivity contribution in [2.24, 2.45) is 0 Å². The first-order chi connectivity index (χ1) is 11.6. The Kier molecular flexibility index (Phi) is 5.44. The molecular formula is C18H18IN3O2. The monoisotopic (exact) mass is 435 g/mol. The third-order valence-corrected chi connectivity index (χ3v) is 5.06. The number of likely N-dealkylation sites (tertiary alicyclic amines) is 1. The van der Waals surface area contributed by atoms with Crippen molar-refractivity contribution >= 4 is 34.4 Å². The normalized spacial score (nSPS) is 15.1. The number of nitrogens with one attached hydrogen (secondary N) is 1. The summed E-state index contributed by atoms with van der Waals surface area (Å²) in [6.07, 6.45) is 3.14. The standard InChI is InChI=1S/C18H18IN3O2/c19-15-6-2-1-5-14(15)17(23)21-13-8-11-22(12-9-13)18(24)16-7-3-4-10-20-16/h1-7,10,13H,8-9,11-12H2,(H,21,23). The molecule has 5 nitrogen and oxygen atoms in total. The number of hydrogen-bond acceptors (Lipinski definition) is 3. The maximum atomic E-state index is 12.4. The van der Waals surface area contributed by atoms with Crippen LogP contribution in [0.4, 0.5) is 0 Å². The molecule has 0 atom stereocenters. The van der Waals surface area contributed by atoms with E-state index < -0.39 is 0 Å². The van der Waals surface area contributed by atoms with Crippen molar-refractivity contribution in [2.45, 2.75) is 18.9 Å². The van der Waals surface area contributed by atoms with Crippen LogP contribution in [-0.4, -0.2) is 40.8 Å². The van der Waals surface area contributed by atoms with Gasteiger partial charge in [0.05, 0.1) is 5.56 Å². The van der Waals surface area contributed by atoms with Crippen molar-refractivity contribution in [1.29, 1.82) is 0 Å². The first-order valence-electron chi connectivity index (χ1n) is 7.91. The molecule has 0 unspecified atom stereocenters. The van der Waals surface area contributed by atoms with Crippen molar-refractivity contribution < 1.29 is 9.59 Å². The van der Waals surface area contributed by atoms with E-state index in [4.69, 9.17) is 0 Å². The molecule has 0 aliphatic carbocycles. The van der Waals surface area contributed by atoms with E-state index in [0.717, 1.165) is 16.4 Å². The molecular weight excluding hydrogens is 417 g/mol. The predicted molar refractivity (Wildman–Crippen MR) is 99.8 cm³/mol. The number of carbonyl (C=O) groups excluding carboxylic acids is 2. The molecule has 0 bridgehead atoms. The van der Waals surface area contributed by atoms with Gasteiger partial charge < -0.3 is 10.2 Å². The van der Waals surface area contributed by atoms with Crippen LogP contribution in [0, 0.1) is 3.57 Å². The molecule has 2 aromatic rings. The zero-order valence-electron chi connectivity index (χ0n) is 13.1. The van der Waals surface area contributed by atoms with Crippen LogP contribution in [-0.2, 0) is 0 Å². The summed E-state index contributed by atoms with van der Waals surface area (Å²) in [5.74, 6) is -0.0903. The van der Waals surface area contributed by atoms with Crippen LogP contribution in [0.25, 0.3) is 0 Å². The van der Waals surface area contributed by atoms with E-state index in [2.05, 4.69) is 32.9 Å². The summed E-state index contributed by atoms with van der Waals surface area (Å²) < 4.78 is 0.940. The molecule has 1 aliphatic heterocycles. The molecule has 2 heterocycles. The van der Waals surface area contributed by atoms with E-state index >= 15 is 0 Å². The average molecular weight is 435 g/mol. The highest BCUT2D eigenvalue weighted by atomic mass is 127. The molecule has 1 N–H and O–H groups in total. The van der Waals surface area contributed by atoms with Gasteiger partial charge in [0, 0.05) is 28.9 Å². The second-order valence-electron chi connectivity index (χ2n) is 5.73. The Morgan fingerprint density at radius 1 is 1.08 bits per heavy atom. The summed E-state index contributed by atoms with van der Waals surface area (Å²) >= 11 is 2.17. The Hall–Kier alpha value is -1.96. The zero-order valence-corrected chi connectivity index (χ0v) is 15.3. The number of benzene rings is 1. The first-order valence-corrected chi connectivity index (χ1v) is 8.99. The minimum atomic E-state index is -0.0468. The van der Waals surface area contributed by atoms with Gasteiger partial charge in [0.25, 0.3) is 11.8 Å². The maximum Gasteiger partial charge on any atom is 0.272 e. The molecule has 1 aromatic carbocycles. The number of piperidine rings is 1. The fourth-order valence-corrected chi connectivity index (χ4v) is 3.42. The highest BCUT2D eigenvalue weighted by Crippen LogP contribution is 2.15. The summed E-state index contributed by atoms with van der Waals surface area (Å²) in [5.41, 5.74) is 1.17. The Morgan fingerprint density at radius 2 is 1.79 bits per heavy atom. The number of aromatic nitrogens is 1. The van der Waals surface area contributed by atoms with Crippen LogP contribution in [0.15, 0.2) is 48.7 Å². The number of hydrogen-bond donors (Lipinski definition) is 1. The zero-order chi connectivity index (χ0) is 16.9. The average Bonchev–Trinajstić information content (AvgIpc) is 2.63. The molecule has 1 saturated heterocycles.